The average Bonchev–Trinajstić information content (AvgIpc) is 2.63. The Balaban J connectivity index is 1.64. The van der Waals surface area contributed by atoms with Crippen molar-refractivity contribution in [2.24, 2.45) is 0 Å². The van der Waals surface area contributed by atoms with Gasteiger partial charge in [-0.1, -0.05) is 33.6 Å². The quantitative estimate of drug-likeness (QED) is 0.707. The summed E-state index contributed by atoms with van der Waals surface area (Å²) in [7, 11) is 0. The van der Waals surface area contributed by atoms with E-state index in [1.807, 2.05) is 47.4 Å². The number of carbonyl (C=O) groups is 1. The molecule has 3 rings (SSSR count). The maximum absolute atomic E-state index is 13.0. The van der Waals surface area contributed by atoms with Crippen molar-refractivity contribution in [3.8, 4) is 5.75 Å². The van der Waals surface area contributed by atoms with Crippen LogP contribution < -0.4 is 15.4 Å². The summed E-state index contributed by atoms with van der Waals surface area (Å²) >= 11 is 9.71. The molecule has 0 atom stereocenters. The van der Waals surface area contributed by atoms with Gasteiger partial charge in [-0.15, -0.1) is 0 Å². The van der Waals surface area contributed by atoms with Gasteiger partial charge >= 0.3 is 0 Å². The second-order valence-corrected chi connectivity index (χ2v) is 8.35. The zero-order valence-corrected chi connectivity index (χ0v) is 17.8. The van der Waals surface area contributed by atoms with E-state index in [1.54, 1.807) is 13.8 Å². The molecule has 0 aromatic heterocycles. The van der Waals surface area contributed by atoms with Crippen molar-refractivity contribution in [2.75, 3.05) is 36.8 Å². The first-order valence-electron chi connectivity index (χ1n) is 8.81. The van der Waals surface area contributed by atoms with Crippen LogP contribution in [0.2, 0.25) is 5.02 Å². The predicted molar refractivity (Wildman–Crippen MR) is 114 cm³/mol. The van der Waals surface area contributed by atoms with E-state index in [2.05, 4.69) is 20.8 Å². The first kappa shape index (κ1) is 19.8. The van der Waals surface area contributed by atoms with Crippen molar-refractivity contribution in [3.05, 3.63) is 52.0 Å². The fraction of sp³-hybridized carbons (Fsp3) is 0.350. The average molecular weight is 453 g/mol. The second kappa shape index (κ2) is 7.98. The summed E-state index contributed by atoms with van der Waals surface area (Å²) in [6.45, 7) is 6.14. The molecule has 2 N–H and O–H groups in total. The monoisotopic (exact) mass is 451 g/mol. The third-order valence-corrected chi connectivity index (χ3v) is 5.44. The van der Waals surface area contributed by atoms with Crippen LogP contribution in [0.4, 0.5) is 11.4 Å². The van der Waals surface area contributed by atoms with Crippen LogP contribution in [0, 0.1) is 0 Å². The molecule has 1 aliphatic heterocycles. The third kappa shape index (κ3) is 4.50. The first-order chi connectivity index (χ1) is 12.8. The zero-order valence-electron chi connectivity index (χ0n) is 15.4. The van der Waals surface area contributed by atoms with Crippen molar-refractivity contribution in [1.82, 2.24) is 4.90 Å². The van der Waals surface area contributed by atoms with Crippen LogP contribution in [0.25, 0.3) is 0 Å². The number of carbonyl (C=O) groups excluding carboxylic acids is 1. The first-order valence-corrected chi connectivity index (χ1v) is 9.98. The number of rotatable bonds is 4. The van der Waals surface area contributed by atoms with Crippen molar-refractivity contribution >= 4 is 44.8 Å². The molecule has 1 aliphatic rings. The Morgan fingerprint density at radius 1 is 1.11 bits per heavy atom. The van der Waals surface area contributed by atoms with Gasteiger partial charge in [0.15, 0.2) is 5.60 Å². The molecule has 27 heavy (non-hydrogen) atoms. The Morgan fingerprint density at radius 2 is 1.74 bits per heavy atom. The summed E-state index contributed by atoms with van der Waals surface area (Å²) < 4.78 is 6.92. The molecular formula is C20H23BrClN3O2. The maximum Gasteiger partial charge on any atom is 0.266 e. The minimum Gasteiger partial charge on any atom is -0.478 e. The highest BCUT2D eigenvalue weighted by atomic mass is 79.9. The third-order valence-electron chi connectivity index (χ3n) is 4.60. The Kier molecular flexibility index (Phi) is 5.86. The zero-order chi connectivity index (χ0) is 19.6. The summed E-state index contributed by atoms with van der Waals surface area (Å²) in [4.78, 5) is 17.0. The van der Waals surface area contributed by atoms with Crippen LogP contribution in [-0.4, -0.2) is 42.6 Å². The Morgan fingerprint density at radius 3 is 2.33 bits per heavy atom. The van der Waals surface area contributed by atoms with E-state index in [0.29, 0.717) is 42.6 Å². The largest absolute Gasteiger partial charge is 0.478 e. The van der Waals surface area contributed by atoms with Gasteiger partial charge in [0.1, 0.15) is 5.75 Å². The minimum absolute atomic E-state index is 0.0304. The molecule has 2 aromatic carbocycles. The lowest BCUT2D eigenvalue weighted by Gasteiger charge is -2.40. The van der Waals surface area contributed by atoms with Gasteiger partial charge in [0.25, 0.3) is 5.91 Å². The lowest BCUT2D eigenvalue weighted by Crippen LogP contribution is -2.56. The molecule has 0 aliphatic carbocycles. The number of amides is 1. The number of halogens is 2. The van der Waals surface area contributed by atoms with E-state index in [9.17, 15) is 4.79 Å². The molecule has 2 aromatic rings. The number of anilines is 2. The second-order valence-electron chi connectivity index (χ2n) is 7.02. The SMILES string of the molecule is CC(C)(Oc1ccc(Br)cc1)C(=O)N1CCN(c2c(N)cccc2Cl)CC1. The lowest BCUT2D eigenvalue weighted by atomic mass is 10.1. The van der Waals surface area contributed by atoms with E-state index in [0.717, 1.165) is 10.2 Å². The summed E-state index contributed by atoms with van der Waals surface area (Å²) in [5.41, 5.74) is 6.64. The number of hydrogen-bond donors (Lipinski definition) is 1. The normalized spacial score (nSPS) is 15.0. The van der Waals surface area contributed by atoms with Gasteiger partial charge in [-0.3, -0.25) is 4.79 Å². The number of hydrogen-bond acceptors (Lipinski definition) is 4. The van der Waals surface area contributed by atoms with Gasteiger partial charge in [0.05, 0.1) is 16.4 Å². The van der Waals surface area contributed by atoms with Crippen molar-refractivity contribution in [3.63, 3.8) is 0 Å². The van der Waals surface area contributed by atoms with Crippen LogP contribution in [0.1, 0.15) is 13.8 Å². The minimum atomic E-state index is -0.945. The van der Waals surface area contributed by atoms with Crippen molar-refractivity contribution < 1.29 is 9.53 Å². The van der Waals surface area contributed by atoms with Crippen molar-refractivity contribution in [1.29, 1.82) is 0 Å². The summed E-state index contributed by atoms with van der Waals surface area (Å²) in [5.74, 6) is 0.635. The van der Waals surface area contributed by atoms with Gasteiger partial charge in [0, 0.05) is 30.7 Å². The molecule has 1 heterocycles. The number of benzene rings is 2. The number of nitrogens with two attached hydrogens (primary N) is 1. The topological polar surface area (TPSA) is 58.8 Å². The summed E-state index contributed by atoms with van der Waals surface area (Å²) in [6, 6.07) is 13.0. The number of ether oxygens (including phenoxy) is 1. The highest BCUT2D eigenvalue weighted by molar-refractivity contribution is 9.10. The molecule has 1 fully saturated rings. The molecule has 1 amide bonds. The van der Waals surface area contributed by atoms with E-state index in [1.165, 1.54) is 0 Å². The molecule has 1 saturated heterocycles. The maximum atomic E-state index is 13.0. The molecule has 0 spiro atoms. The highest BCUT2D eigenvalue weighted by Gasteiger charge is 2.36. The summed E-state index contributed by atoms with van der Waals surface area (Å²) in [5, 5.41) is 0.633. The van der Waals surface area contributed by atoms with E-state index in [4.69, 9.17) is 22.1 Å². The summed E-state index contributed by atoms with van der Waals surface area (Å²) in [6.07, 6.45) is 0. The van der Waals surface area contributed by atoms with E-state index < -0.39 is 5.60 Å². The predicted octanol–water partition coefficient (Wildman–Crippen LogP) is 4.19. The fourth-order valence-electron chi connectivity index (χ4n) is 3.22. The van der Waals surface area contributed by atoms with Gasteiger partial charge in [-0.25, -0.2) is 0 Å². The molecule has 5 nitrogen and oxygen atoms in total. The van der Waals surface area contributed by atoms with Gasteiger partial charge in [-0.05, 0) is 50.2 Å². The molecule has 0 radical (unpaired) electrons. The molecule has 0 unspecified atom stereocenters. The molecule has 7 heteroatoms. The van der Waals surface area contributed by atoms with Crippen LogP contribution in [0.3, 0.4) is 0 Å². The molecule has 0 saturated carbocycles. The number of piperazine rings is 1. The lowest BCUT2D eigenvalue weighted by molar-refractivity contribution is -0.145. The highest BCUT2D eigenvalue weighted by Crippen LogP contribution is 2.32. The molecule has 0 bridgehead atoms. The number of nitrogen functional groups attached to an aromatic ring is 1. The number of para-hydroxylation sites is 1. The smallest absolute Gasteiger partial charge is 0.266 e. The fourth-order valence-corrected chi connectivity index (χ4v) is 3.79. The van der Waals surface area contributed by atoms with Crippen LogP contribution in [0.5, 0.6) is 5.75 Å². The standard InChI is InChI=1S/C20H23BrClN3O2/c1-20(2,27-15-8-6-14(21)7-9-15)19(26)25-12-10-24(11-13-25)18-16(22)4-3-5-17(18)23/h3-9H,10-13,23H2,1-2H3. The number of nitrogens with zero attached hydrogens (tertiary/aromatic N) is 2. The Labute approximate surface area is 173 Å². The van der Waals surface area contributed by atoms with Gasteiger partial charge < -0.3 is 20.3 Å². The van der Waals surface area contributed by atoms with Crippen molar-refractivity contribution in [2.45, 2.75) is 19.4 Å². The van der Waals surface area contributed by atoms with E-state index in [-0.39, 0.29) is 5.91 Å². The Bertz CT molecular complexity index is 798. The van der Waals surface area contributed by atoms with Crippen LogP contribution in [0.15, 0.2) is 46.9 Å². The van der Waals surface area contributed by atoms with Crippen LogP contribution >= 0.6 is 27.5 Å². The molecular weight excluding hydrogens is 430 g/mol. The van der Waals surface area contributed by atoms with E-state index >= 15 is 0 Å². The van der Waals surface area contributed by atoms with Gasteiger partial charge in [0.2, 0.25) is 0 Å². The van der Waals surface area contributed by atoms with Crippen LogP contribution in [-0.2, 0) is 4.79 Å². The van der Waals surface area contributed by atoms with Gasteiger partial charge in [-0.2, -0.15) is 0 Å². The Hall–Kier alpha value is -1.92. The molecule has 144 valence electrons.